The van der Waals surface area contributed by atoms with Gasteiger partial charge >= 0.3 is 0 Å². The zero-order chi connectivity index (χ0) is 14.9. The van der Waals surface area contributed by atoms with Crippen molar-refractivity contribution in [2.45, 2.75) is 50.4 Å². The van der Waals surface area contributed by atoms with E-state index in [1.54, 1.807) is 0 Å². The summed E-state index contributed by atoms with van der Waals surface area (Å²) in [6.45, 7) is 4.83. The van der Waals surface area contributed by atoms with Crippen molar-refractivity contribution in [1.82, 2.24) is 20.2 Å². The molecule has 118 valence electrons. The summed E-state index contributed by atoms with van der Waals surface area (Å²) < 4.78 is 2.09. The van der Waals surface area contributed by atoms with E-state index in [0.717, 1.165) is 37.3 Å². The summed E-state index contributed by atoms with van der Waals surface area (Å²) >= 11 is 1.99. The molecule has 1 heterocycles. The van der Waals surface area contributed by atoms with Gasteiger partial charge in [0.2, 0.25) is 0 Å². The van der Waals surface area contributed by atoms with E-state index >= 15 is 0 Å². The maximum absolute atomic E-state index is 4.68. The third-order valence-electron chi connectivity index (χ3n) is 3.81. The molecule has 1 saturated carbocycles. The second kappa shape index (κ2) is 8.97. The monoisotopic (exact) mass is 309 g/mol. The Kier molecular flexibility index (Phi) is 6.92. The summed E-state index contributed by atoms with van der Waals surface area (Å²) in [6, 6.07) is 0.578. The number of nitrogens with zero attached hydrogens (tertiary/aromatic N) is 3. The molecule has 1 aliphatic carbocycles. The topological polar surface area (TPSA) is 54.2 Å². The molecule has 5 nitrogen and oxygen atoms in total. The van der Waals surface area contributed by atoms with Crippen LogP contribution in [0.4, 0.5) is 0 Å². The highest BCUT2D eigenvalue weighted by Crippen LogP contribution is 2.27. The maximum atomic E-state index is 4.68. The Morgan fingerprint density at radius 2 is 2.38 bits per heavy atom. The fourth-order valence-electron chi connectivity index (χ4n) is 2.66. The van der Waals surface area contributed by atoms with Gasteiger partial charge in [-0.05, 0) is 38.9 Å². The molecular weight excluding hydrogens is 282 g/mol. The number of hydrogen-bond donors (Lipinski definition) is 2. The van der Waals surface area contributed by atoms with Crippen LogP contribution in [-0.4, -0.2) is 46.1 Å². The smallest absolute Gasteiger partial charge is 0.191 e. The molecule has 0 spiro atoms. The predicted octanol–water partition coefficient (Wildman–Crippen LogP) is 2.11. The maximum Gasteiger partial charge on any atom is 0.191 e. The number of aliphatic imine (C=N–C) groups is 1. The Labute approximate surface area is 132 Å². The van der Waals surface area contributed by atoms with Crippen molar-refractivity contribution in [3.63, 3.8) is 0 Å². The Hall–Kier alpha value is -1.17. The van der Waals surface area contributed by atoms with Crippen LogP contribution in [0.1, 0.15) is 32.6 Å². The number of imidazole rings is 1. The molecule has 6 heteroatoms. The van der Waals surface area contributed by atoms with E-state index in [-0.39, 0.29) is 0 Å². The molecule has 2 atom stereocenters. The van der Waals surface area contributed by atoms with Crippen LogP contribution in [0.5, 0.6) is 0 Å². The number of thioether (sulfide) groups is 1. The molecule has 0 saturated heterocycles. The van der Waals surface area contributed by atoms with Crippen molar-refractivity contribution in [3.8, 4) is 0 Å². The highest BCUT2D eigenvalue weighted by molar-refractivity contribution is 7.99. The van der Waals surface area contributed by atoms with Gasteiger partial charge in [0.05, 0.1) is 6.33 Å². The van der Waals surface area contributed by atoms with Gasteiger partial charge in [-0.15, -0.1) is 0 Å². The molecule has 1 fully saturated rings. The molecule has 1 aromatic rings. The average molecular weight is 309 g/mol. The fraction of sp³-hybridized carbons (Fsp3) is 0.733. The first-order valence-corrected chi connectivity index (χ1v) is 9.14. The lowest BCUT2D eigenvalue weighted by atomic mass is 10.2. The van der Waals surface area contributed by atoms with Gasteiger partial charge in [-0.2, -0.15) is 11.8 Å². The predicted molar refractivity (Wildman–Crippen MR) is 90.9 cm³/mol. The average Bonchev–Trinajstić information content (AvgIpc) is 3.15. The minimum Gasteiger partial charge on any atom is -0.357 e. The number of nitrogens with one attached hydrogen (secondary N) is 2. The van der Waals surface area contributed by atoms with Crippen molar-refractivity contribution in [2.24, 2.45) is 4.99 Å². The van der Waals surface area contributed by atoms with Gasteiger partial charge in [0.1, 0.15) is 0 Å². The first-order chi connectivity index (χ1) is 10.3. The number of aryl methyl sites for hydroxylation is 1. The van der Waals surface area contributed by atoms with Crippen LogP contribution in [0, 0.1) is 0 Å². The van der Waals surface area contributed by atoms with Gasteiger partial charge in [-0.1, -0.05) is 0 Å². The molecule has 2 N–H and O–H groups in total. The van der Waals surface area contributed by atoms with Crippen LogP contribution >= 0.6 is 11.8 Å². The highest BCUT2D eigenvalue weighted by Gasteiger charge is 2.24. The Bertz CT molecular complexity index is 418. The number of hydrogen-bond acceptors (Lipinski definition) is 3. The van der Waals surface area contributed by atoms with Crippen molar-refractivity contribution in [3.05, 3.63) is 18.7 Å². The molecule has 1 aliphatic rings. The second-order valence-corrected chi connectivity index (χ2v) is 6.56. The minimum absolute atomic E-state index is 0.578. The Morgan fingerprint density at radius 3 is 3.05 bits per heavy atom. The standard InChI is InChI=1S/C15H27N5S/c1-3-17-15(19-13-5-6-14(11-13)21-2)18-7-4-9-20-10-8-16-12-20/h8,10,12-14H,3-7,9,11H2,1-2H3,(H2,17,18,19). The van der Waals surface area contributed by atoms with Gasteiger partial charge < -0.3 is 15.2 Å². The van der Waals surface area contributed by atoms with E-state index in [1.165, 1.54) is 19.3 Å². The van der Waals surface area contributed by atoms with Crippen molar-refractivity contribution in [1.29, 1.82) is 0 Å². The SMILES string of the molecule is CCNC(=NCCCn1ccnc1)NC1CCC(SC)C1. The van der Waals surface area contributed by atoms with Gasteiger partial charge in [0.25, 0.3) is 0 Å². The molecule has 0 amide bonds. The quantitative estimate of drug-likeness (QED) is 0.460. The van der Waals surface area contributed by atoms with E-state index in [1.807, 2.05) is 30.5 Å². The third kappa shape index (κ3) is 5.61. The molecule has 1 aromatic heterocycles. The third-order valence-corrected chi connectivity index (χ3v) is 4.90. The Balaban J connectivity index is 1.73. The van der Waals surface area contributed by atoms with Crippen molar-refractivity contribution < 1.29 is 0 Å². The van der Waals surface area contributed by atoms with E-state index in [2.05, 4.69) is 38.4 Å². The number of aromatic nitrogens is 2. The first kappa shape index (κ1) is 16.2. The van der Waals surface area contributed by atoms with Crippen LogP contribution in [0.3, 0.4) is 0 Å². The summed E-state index contributed by atoms with van der Waals surface area (Å²) in [6.07, 6.45) is 12.7. The summed E-state index contributed by atoms with van der Waals surface area (Å²) in [5, 5.41) is 7.74. The van der Waals surface area contributed by atoms with E-state index in [4.69, 9.17) is 0 Å². The summed E-state index contributed by atoms with van der Waals surface area (Å²) in [5.74, 6) is 0.967. The first-order valence-electron chi connectivity index (χ1n) is 7.85. The van der Waals surface area contributed by atoms with E-state index in [0.29, 0.717) is 6.04 Å². The van der Waals surface area contributed by atoms with Crippen LogP contribution in [0.25, 0.3) is 0 Å². The molecule has 2 rings (SSSR count). The van der Waals surface area contributed by atoms with Crippen molar-refractivity contribution >= 4 is 17.7 Å². The van der Waals surface area contributed by atoms with E-state index < -0.39 is 0 Å². The van der Waals surface area contributed by atoms with Crippen LogP contribution in [-0.2, 0) is 6.54 Å². The van der Waals surface area contributed by atoms with Gasteiger partial charge in [-0.3, -0.25) is 4.99 Å². The Morgan fingerprint density at radius 1 is 1.48 bits per heavy atom. The summed E-state index contributed by atoms with van der Waals surface area (Å²) in [7, 11) is 0. The fourth-order valence-corrected chi connectivity index (χ4v) is 3.46. The van der Waals surface area contributed by atoms with Crippen molar-refractivity contribution in [2.75, 3.05) is 19.3 Å². The zero-order valence-electron chi connectivity index (χ0n) is 13.1. The molecule has 21 heavy (non-hydrogen) atoms. The lowest BCUT2D eigenvalue weighted by Gasteiger charge is -2.17. The van der Waals surface area contributed by atoms with Crippen LogP contribution in [0.15, 0.2) is 23.7 Å². The zero-order valence-corrected chi connectivity index (χ0v) is 13.9. The highest BCUT2D eigenvalue weighted by atomic mass is 32.2. The molecule has 2 unspecified atom stereocenters. The lowest BCUT2D eigenvalue weighted by molar-refractivity contribution is 0.608. The molecular formula is C15H27N5S. The summed E-state index contributed by atoms with van der Waals surface area (Å²) in [5.41, 5.74) is 0. The van der Waals surface area contributed by atoms with E-state index in [9.17, 15) is 0 Å². The van der Waals surface area contributed by atoms with Gasteiger partial charge in [0.15, 0.2) is 5.96 Å². The normalized spacial score (nSPS) is 22.5. The molecule has 0 aromatic carbocycles. The minimum atomic E-state index is 0.578. The summed E-state index contributed by atoms with van der Waals surface area (Å²) in [4.78, 5) is 8.73. The van der Waals surface area contributed by atoms with Crippen LogP contribution in [0.2, 0.25) is 0 Å². The van der Waals surface area contributed by atoms with Crippen LogP contribution < -0.4 is 10.6 Å². The number of rotatable bonds is 7. The van der Waals surface area contributed by atoms with Gasteiger partial charge in [0, 0.05) is 43.3 Å². The second-order valence-electron chi connectivity index (χ2n) is 5.43. The molecule has 0 aliphatic heterocycles. The van der Waals surface area contributed by atoms with Gasteiger partial charge in [-0.25, -0.2) is 4.98 Å². The number of guanidine groups is 1. The molecule has 0 bridgehead atoms. The largest absolute Gasteiger partial charge is 0.357 e. The molecule has 0 radical (unpaired) electrons. The lowest BCUT2D eigenvalue weighted by Crippen LogP contribution is -2.42.